The lowest BCUT2D eigenvalue weighted by Gasteiger charge is -2.13. The van der Waals surface area contributed by atoms with Gasteiger partial charge in [-0.05, 0) is 13.0 Å². The number of carbonyl (C=O) groups excluding carboxylic acids is 1. The summed E-state index contributed by atoms with van der Waals surface area (Å²) in [5, 5.41) is 3.85. The van der Waals surface area contributed by atoms with Crippen molar-refractivity contribution in [3.05, 3.63) is 22.3 Å². The van der Waals surface area contributed by atoms with Gasteiger partial charge in [-0.25, -0.2) is 4.98 Å². The van der Waals surface area contributed by atoms with Gasteiger partial charge < -0.3 is 11.1 Å². The minimum atomic E-state index is -0.375. The number of aromatic nitrogens is 1. The molecule has 0 aliphatic heterocycles. The number of primary amides is 1. The molecule has 1 atom stereocenters. The molecule has 0 saturated carbocycles. The van der Waals surface area contributed by atoms with Crippen LogP contribution in [0, 0.1) is 0 Å². The molecule has 0 aliphatic carbocycles. The third-order valence-corrected chi connectivity index (χ3v) is 2.19. The van der Waals surface area contributed by atoms with Crippen molar-refractivity contribution in [1.29, 1.82) is 0 Å². The predicted molar refractivity (Wildman–Crippen MR) is 61.2 cm³/mol. The first-order chi connectivity index (χ1) is 6.99. The Bertz CT molecular complexity index is 370. The van der Waals surface area contributed by atoms with Crippen LogP contribution in [0.15, 0.2) is 12.3 Å². The third-order valence-electron chi connectivity index (χ3n) is 1.70. The highest BCUT2D eigenvalue weighted by atomic mass is 35.5. The highest BCUT2D eigenvalue weighted by Crippen LogP contribution is 2.23. The molecule has 1 heterocycles. The molecule has 0 aromatic carbocycles. The van der Waals surface area contributed by atoms with E-state index in [4.69, 9.17) is 28.9 Å². The van der Waals surface area contributed by atoms with Gasteiger partial charge in [0.25, 0.3) is 0 Å². The Morgan fingerprint density at radius 1 is 1.67 bits per heavy atom. The minimum absolute atomic E-state index is 0.117. The predicted octanol–water partition coefficient (Wildman–Crippen LogP) is 2.06. The van der Waals surface area contributed by atoms with Gasteiger partial charge in [0.05, 0.1) is 10.0 Å². The van der Waals surface area contributed by atoms with Crippen LogP contribution in [0.2, 0.25) is 10.0 Å². The lowest BCUT2D eigenvalue weighted by Crippen LogP contribution is -2.24. The van der Waals surface area contributed by atoms with E-state index in [-0.39, 0.29) is 18.4 Å². The van der Waals surface area contributed by atoms with E-state index in [0.717, 1.165) is 0 Å². The van der Waals surface area contributed by atoms with Crippen molar-refractivity contribution in [3.8, 4) is 0 Å². The lowest BCUT2D eigenvalue weighted by atomic mass is 10.2. The lowest BCUT2D eigenvalue weighted by molar-refractivity contribution is -0.118. The number of halogens is 2. The van der Waals surface area contributed by atoms with Gasteiger partial charge in [0.15, 0.2) is 0 Å². The zero-order valence-corrected chi connectivity index (χ0v) is 9.64. The summed E-state index contributed by atoms with van der Waals surface area (Å²) in [6.45, 7) is 1.82. The highest BCUT2D eigenvalue weighted by Gasteiger charge is 2.09. The maximum Gasteiger partial charge on any atom is 0.219 e. The number of nitrogens with one attached hydrogen (secondary N) is 1. The van der Waals surface area contributed by atoms with E-state index in [1.165, 1.54) is 6.20 Å². The van der Waals surface area contributed by atoms with Gasteiger partial charge in [-0.1, -0.05) is 23.2 Å². The van der Waals surface area contributed by atoms with E-state index >= 15 is 0 Å². The summed E-state index contributed by atoms with van der Waals surface area (Å²) in [5.41, 5.74) is 5.06. The number of hydrogen-bond acceptors (Lipinski definition) is 3. The van der Waals surface area contributed by atoms with E-state index in [1.54, 1.807) is 6.07 Å². The summed E-state index contributed by atoms with van der Waals surface area (Å²) < 4.78 is 0. The zero-order valence-electron chi connectivity index (χ0n) is 8.13. The van der Waals surface area contributed by atoms with Crippen molar-refractivity contribution in [1.82, 2.24) is 4.98 Å². The Balaban J connectivity index is 2.68. The molecule has 0 aliphatic rings. The monoisotopic (exact) mass is 247 g/mol. The van der Waals surface area contributed by atoms with Crippen LogP contribution >= 0.6 is 23.2 Å². The Kier molecular flexibility index (Phi) is 4.17. The van der Waals surface area contributed by atoms with Crippen LogP contribution in [-0.2, 0) is 4.79 Å². The van der Waals surface area contributed by atoms with Gasteiger partial charge in [-0.2, -0.15) is 0 Å². The molecule has 0 saturated heterocycles. The molecular weight excluding hydrogens is 237 g/mol. The van der Waals surface area contributed by atoms with Gasteiger partial charge in [-0.3, -0.25) is 4.79 Å². The number of nitrogens with two attached hydrogens (primary N) is 1. The normalized spacial score (nSPS) is 12.2. The number of carbonyl (C=O) groups is 1. The summed E-state index contributed by atoms with van der Waals surface area (Å²) in [4.78, 5) is 14.6. The minimum Gasteiger partial charge on any atom is -0.370 e. The number of amides is 1. The van der Waals surface area contributed by atoms with Crippen LogP contribution in [0.25, 0.3) is 0 Å². The van der Waals surface area contributed by atoms with Crippen LogP contribution < -0.4 is 11.1 Å². The standard InChI is InChI=1S/C9H11Cl2N3O/c1-5(2-8(12)15)14-9-7(11)3-6(10)4-13-9/h3-5H,2H2,1H3,(H2,12,15)(H,13,14). The van der Waals surface area contributed by atoms with Crippen molar-refractivity contribution in [2.75, 3.05) is 5.32 Å². The quantitative estimate of drug-likeness (QED) is 0.856. The Morgan fingerprint density at radius 2 is 2.33 bits per heavy atom. The molecule has 1 amide bonds. The average molecular weight is 248 g/mol. The topological polar surface area (TPSA) is 68.0 Å². The molecule has 1 rings (SSSR count). The van der Waals surface area contributed by atoms with Crippen LogP contribution in [-0.4, -0.2) is 16.9 Å². The van der Waals surface area contributed by atoms with E-state index in [0.29, 0.717) is 15.9 Å². The van der Waals surface area contributed by atoms with Gasteiger partial charge in [0.1, 0.15) is 5.82 Å². The van der Waals surface area contributed by atoms with Crippen LogP contribution in [0.1, 0.15) is 13.3 Å². The molecule has 6 heteroatoms. The summed E-state index contributed by atoms with van der Waals surface area (Å²) in [6, 6.07) is 1.46. The summed E-state index contributed by atoms with van der Waals surface area (Å²) in [7, 11) is 0. The molecular formula is C9H11Cl2N3O. The fraction of sp³-hybridized carbons (Fsp3) is 0.333. The number of nitrogens with zero attached hydrogens (tertiary/aromatic N) is 1. The maximum atomic E-state index is 10.6. The summed E-state index contributed by atoms with van der Waals surface area (Å²) >= 11 is 11.6. The number of rotatable bonds is 4. The van der Waals surface area contributed by atoms with Crippen molar-refractivity contribution in [2.45, 2.75) is 19.4 Å². The zero-order chi connectivity index (χ0) is 11.4. The second-order valence-corrected chi connectivity index (χ2v) is 4.04. The van der Waals surface area contributed by atoms with Gasteiger partial charge in [0.2, 0.25) is 5.91 Å². The second kappa shape index (κ2) is 5.19. The van der Waals surface area contributed by atoms with Crippen molar-refractivity contribution in [2.24, 2.45) is 5.73 Å². The summed E-state index contributed by atoms with van der Waals surface area (Å²) in [5.74, 6) is 0.120. The molecule has 1 aromatic rings. The Morgan fingerprint density at radius 3 is 2.87 bits per heavy atom. The number of pyridine rings is 1. The number of anilines is 1. The molecule has 0 spiro atoms. The maximum absolute atomic E-state index is 10.6. The van der Waals surface area contributed by atoms with Crippen LogP contribution in [0.4, 0.5) is 5.82 Å². The second-order valence-electron chi connectivity index (χ2n) is 3.20. The molecule has 1 unspecified atom stereocenters. The van der Waals surface area contributed by atoms with Gasteiger partial charge >= 0.3 is 0 Å². The van der Waals surface area contributed by atoms with Gasteiger partial charge in [-0.15, -0.1) is 0 Å². The fourth-order valence-electron chi connectivity index (χ4n) is 1.11. The largest absolute Gasteiger partial charge is 0.370 e. The fourth-order valence-corrected chi connectivity index (χ4v) is 1.54. The Labute approximate surface area is 97.8 Å². The molecule has 0 bridgehead atoms. The highest BCUT2D eigenvalue weighted by molar-refractivity contribution is 6.35. The van der Waals surface area contributed by atoms with E-state index in [1.807, 2.05) is 6.92 Å². The molecule has 3 N–H and O–H groups in total. The molecule has 1 aromatic heterocycles. The Hall–Kier alpha value is -1.000. The number of hydrogen-bond donors (Lipinski definition) is 2. The van der Waals surface area contributed by atoms with Crippen molar-refractivity contribution < 1.29 is 4.79 Å². The molecule has 0 radical (unpaired) electrons. The molecule has 4 nitrogen and oxygen atoms in total. The van der Waals surface area contributed by atoms with E-state index in [2.05, 4.69) is 10.3 Å². The molecule has 15 heavy (non-hydrogen) atoms. The SMILES string of the molecule is CC(CC(N)=O)Nc1ncc(Cl)cc1Cl. The van der Waals surface area contributed by atoms with E-state index < -0.39 is 0 Å². The van der Waals surface area contributed by atoms with Crippen molar-refractivity contribution in [3.63, 3.8) is 0 Å². The first kappa shape index (κ1) is 12.1. The first-order valence-corrected chi connectivity index (χ1v) is 5.10. The first-order valence-electron chi connectivity index (χ1n) is 4.35. The van der Waals surface area contributed by atoms with Crippen molar-refractivity contribution >= 4 is 34.9 Å². The molecule has 82 valence electrons. The third kappa shape index (κ3) is 3.93. The average Bonchev–Trinajstić information content (AvgIpc) is 2.08. The van der Waals surface area contributed by atoms with Crippen LogP contribution in [0.5, 0.6) is 0 Å². The van der Waals surface area contributed by atoms with Gasteiger partial charge in [0, 0.05) is 18.7 Å². The van der Waals surface area contributed by atoms with Crippen LogP contribution in [0.3, 0.4) is 0 Å². The molecule has 0 fully saturated rings. The summed E-state index contributed by atoms with van der Waals surface area (Å²) in [6.07, 6.45) is 1.70. The smallest absolute Gasteiger partial charge is 0.219 e. The van der Waals surface area contributed by atoms with E-state index in [9.17, 15) is 4.79 Å².